The highest BCUT2D eigenvalue weighted by Crippen LogP contribution is 2.31. The smallest absolute Gasteiger partial charge is 0.224 e. The molecule has 6 heteroatoms. The third-order valence-electron chi connectivity index (χ3n) is 5.70. The molecule has 0 radical (unpaired) electrons. The van der Waals surface area contributed by atoms with E-state index in [9.17, 15) is 9.59 Å². The van der Waals surface area contributed by atoms with Gasteiger partial charge in [0, 0.05) is 46.9 Å². The van der Waals surface area contributed by atoms with Gasteiger partial charge in [-0.1, -0.05) is 25.1 Å². The molecule has 4 aromatic rings. The largest absolute Gasteiger partial charge is 0.465 e. The molecule has 2 aromatic heterocycles. The van der Waals surface area contributed by atoms with E-state index < -0.39 is 0 Å². The highest BCUT2D eigenvalue weighted by atomic mass is 16.3. The quantitative estimate of drug-likeness (QED) is 0.393. The van der Waals surface area contributed by atoms with Gasteiger partial charge in [-0.2, -0.15) is 0 Å². The molecule has 6 nitrogen and oxygen atoms in total. The average molecular weight is 432 g/mol. The fourth-order valence-corrected chi connectivity index (χ4v) is 4.23. The maximum absolute atomic E-state index is 12.6. The van der Waals surface area contributed by atoms with E-state index in [2.05, 4.69) is 40.3 Å². The molecule has 0 saturated carbocycles. The molecule has 2 amide bonds. The zero-order chi connectivity index (χ0) is 22.7. The number of nitrogens with zero attached hydrogens (tertiary/aromatic N) is 1. The van der Waals surface area contributed by atoms with Crippen molar-refractivity contribution in [1.82, 2.24) is 9.88 Å². The zero-order valence-electron chi connectivity index (χ0n) is 18.8. The molecule has 0 unspecified atom stereocenters. The fourth-order valence-electron chi connectivity index (χ4n) is 4.23. The summed E-state index contributed by atoms with van der Waals surface area (Å²) in [6, 6.07) is 18.1. The van der Waals surface area contributed by atoms with Gasteiger partial charge in [-0.3, -0.25) is 9.59 Å². The molecular weight excluding hydrogens is 402 g/mol. The van der Waals surface area contributed by atoms with Crippen molar-refractivity contribution < 1.29 is 14.0 Å². The van der Waals surface area contributed by atoms with Gasteiger partial charge in [-0.05, 0) is 56.2 Å². The van der Waals surface area contributed by atoms with Crippen LogP contribution in [-0.2, 0) is 22.7 Å². The second kappa shape index (κ2) is 9.30. The molecule has 0 fully saturated rings. The van der Waals surface area contributed by atoms with Crippen molar-refractivity contribution in [3.8, 4) is 0 Å². The zero-order valence-corrected chi connectivity index (χ0v) is 18.8. The molecule has 0 aliphatic carbocycles. The van der Waals surface area contributed by atoms with Crippen LogP contribution < -0.4 is 10.6 Å². The summed E-state index contributed by atoms with van der Waals surface area (Å²) < 4.78 is 7.73. The van der Waals surface area contributed by atoms with Crippen molar-refractivity contribution in [3.63, 3.8) is 0 Å². The predicted octanol–water partition coefficient (Wildman–Crippen LogP) is 5.39. The monoisotopic (exact) mass is 431 g/mol. The number of hydrogen-bond acceptors (Lipinski definition) is 3. The van der Waals surface area contributed by atoms with Crippen LogP contribution in [0.25, 0.3) is 21.8 Å². The summed E-state index contributed by atoms with van der Waals surface area (Å²) in [7, 11) is 0. The Balaban J connectivity index is 1.36. The van der Waals surface area contributed by atoms with E-state index in [0.717, 1.165) is 34.7 Å². The molecule has 0 saturated heterocycles. The summed E-state index contributed by atoms with van der Waals surface area (Å²) >= 11 is 0. The van der Waals surface area contributed by atoms with E-state index in [1.165, 1.54) is 10.9 Å². The van der Waals surface area contributed by atoms with Gasteiger partial charge in [0.25, 0.3) is 0 Å². The minimum Gasteiger partial charge on any atom is -0.465 e. The molecule has 32 heavy (non-hydrogen) atoms. The van der Waals surface area contributed by atoms with Gasteiger partial charge in [0.15, 0.2) is 0 Å². The number of para-hydroxylation sites is 1. The lowest BCUT2D eigenvalue weighted by molar-refractivity contribution is -0.122. The summed E-state index contributed by atoms with van der Waals surface area (Å²) in [4.78, 5) is 24.8. The summed E-state index contributed by atoms with van der Waals surface area (Å²) in [6.45, 7) is 7.15. The first-order chi connectivity index (χ1) is 15.4. The number of amides is 2. The first kappa shape index (κ1) is 21.7. The van der Waals surface area contributed by atoms with Crippen LogP contribution in [0.4, 0.5) is 5.69 Å². The molecule has 0 spiro atoms. The average Bonchev–Trinajstić information content (AvgIpc) is 3.32. The van der Waals surface area contributed by atoms with Crippen molar-refractivity contribution in [2.45, 2.75) is 46.7 Å². The van der Waals surface area contributed by atoms with Crippen molar-refractivity contribution in [2.24, 2.45) is 5.92 Å². The molecule has 0 bridgehead atoms. The number of fused-ring (bicyclic) bond motifs is 3. The van der Waals surface area contributed by atoms with E-state index in [1.54, 1.807) is 0 Å². The Morgan fingerprint density at radius 1 is 0.969 bits per heavy atom. The SMILES string of the molecule is CCn1c2ccccc2c2cc(NC(=O)C[C@@H](C)CC(=O)NCc3ccc(C)o3)ccc21. The van der Waals surface area contributed by atoms with Gasteiger partial charge in [-0.25, -0.2) is 0 Å². The topological polar surface area (TPSA) is 76.3 Å². The summed E-state index contributed by atoms with van der Waals surface area (Å²) in [5.41, 5.74) is 3.12. The molecule has 2 heterocycles. The van der Waals surface area contributed by atoms with Crippen molar-refractivity contribution in [1.29, 1.82) is 0 Å². The van der Waals surface area contributed by atoms with Gasteiger partial charge in [0.2, 0.25) is 11.8 Å². The van der Waals surface area contributed by atoms with Crippen LogP contribution in [0.3, 0.4) is 0 Å². The molecule has 1 atom stereocenters. The molecular formula is C26H29N3O3. The van der Waals surface area contributed by atoms with Crippen LogP contribution in [0.5, 0.6) is 0 Å². The molecule has 0 aliphatic heterocycles. The summed E-state index contributed by atoms with van der Waals surface area (Å²) in [5, 5.41) is 8.14. The second-order valence-corrected chi connectivity index (χ2v) is 8.34. The van der Waals surface area contributed by atoms with Crippen molar-refractivity contribution >= 4 is 39.3 Å². The Hall–Kier alpha value is -3.54. The Labute approximate surface area is 187 Å². The molecule has 2 aromatic carbocycles. The van der Waals surface area contributed by atoms with E-state index in [1.807, 2.05) is 50.2 Å². The Bertz CT molecular complexity index is 1270. The van der Waals surface area contributed by atoms with Crippen LogP contribution in [-0.4, -0.2) is 16.4 Å². The van der Waals surface area contributed by atoms with Crippen LogP contribution in [0.15, 0.2) is 59.0 Å². The lowest BCUT2D eigenvalue weighted by Gasteiger charge is -2.12. The predicted molar refractivity (Wildman–Crippen MR) is 127 cm³/mol. The number of carbonyl (C=O) groups is 2. The first-order valence-electron chi connectivity index (χ1n) is 11.1. The number of benzene rings is 2. The lowest BCUT2D eigenvalue weighted by Crippen LogP contribution is -2.25. The van der Waals surface area contributed by atoms with Gasteiger partial charge in [-0.15, -0.1) is 0 Å². The fraction of sp³-hybridized carbons (Fsp3) is 0.308. The Morgan fingerprint density at radius 2 is 1.72 bits per heavy atom. The summed E-state index contributed by atoms with van der Waals surface area (Å²) in [5.74, 6) is 1.29. The van der Waals surface area contributed by atoms with Gasteiger partial charge >= 0.3 is 0 Å². The number of aromatic nitrogens is 1. The lowest BCUT2D eigenvalue weighted by atomic mass is 10.0. The number of hydrogen-bond donors (Lipinski definition) is 2. The van der Waals surface area contributed by atoms with Crippen LogP contribution in [0.1, 0.15) is 38.2 Å². The first-order valence-corrected chi connectivity index (χ1v) is 11.1. The van der Waals surface area contributed by atoms with Crippen LogP contribution >= 0.6 is 0 Å². The highest BCUT2D eigenvalue weighted by molar-refractivity contribution is 6.09. The van der Waals surface area contributed by atoms with Crippen molar-refractivity contribution in [2.75, 3.05) is 5.32 Å². The number of furan rings is 1. The van der Waals surface area contributed by atoms with Gasteiger partial charge in [0.1, 0.15) is 11.5 Å². The van der Waals surface area contributed by atoms with E-state index in [-0.39, 0.29) is 30.6 Å². The third-order valence-corrected chi connectivity index (χ3v) is 5.70. The van der Waals surface area contributed by atoms with E-state index >= 15 is 0 Å². The van der Waals surface area contributed by atoms with Crippen LogP contribution in [0, 0.1) is 12.8 Å². The normalized spacial score (nSPS) is 12.2. The number of aryl methyl sites for hydroxylation is 2. The number of anilines is 1. The number of nitrogens with one attached hydrogen (secondary N) is 2. The highest BCUT2D eigenvalue weighted by Gasteiger charge is 2.15. The van der Waals surface area contributed by atoms with Gasteiger partial charge in [0.05, 0.1) is 6.54 Å². The maximum atomic E-state index is 12.6. The van der Waals surface area contributed by atoms with Gasteiger partial charge < -0.3 is 19.6 Å². The number of carbonyl (C=O) groups excluding carboxylic acids is 2. The molecule has 4 rings (SSSR count). The minimum absolute atomic E-state index is 0.0703. The van der Waals surface area contributed by atoms with E-state index in [0.29, 0.717) is 6.54 Å². The molecule has 2 N–H and O–H groups in total. The number of rotatable bonds is 8. The van der Waals surface area contributed by atoms with E-state index in [4.69, 9.17) is 4.42 Å². The van der Waals surface area contributed by atoms with Crippen LogP contribution in [0.2, 0.25) is 0 Å². The minimum atomic E-state index is -0.0921. The molecule has 0 aliphatic rings. The maximum Gasteiger partial charge on any atom is 0.224 e. The third kappa shape index (κ3) is 4.69. The summed E-state index contributed by atoms with van der Waals surface area (Å²) in [6.07, 6.45) is 0.568. The Morgan fingerprint density at radius 3 is 2.47 bits per heavy atom. The second-order valence-electron chi connectivity index (χ2n) is 8.34. The molecule has 166 valence electrons. The van der Waals surface area contributed by atoms with Crippen molar-refractivity contribution in [3.05, 3.63) is 66.1 Å². The standard InChI is InChI=1S/C26H29N3O3/c1-4-29-23-8-6-5-7-21(23)22-15-19(10-12-24(22)29)28-26(31)14-17(2)13-25(30)27-16-20-11-9-18(3)32-20/h5-12,15,17H,4,13-14,16H2,1-3H3,(H,27,30)(H,28,31)/t17-/m0/s1. The Kier molecular flexibility index (Phi) is 6.30.